The second-order valence-electron chi connectivity index (χ2n) is 3.20. The minimum absolute atomic E-state index is 0.647. The number of benzene rings is 1. The standard InChI is InChI=1S/C11H8N2S2/c12-11-13-10-9(15-11)8(6-14-10)7-4-2-1-3-5-7/h1-6H,(H2,12,13). The van der Waals surface area contributed by atoms with Crippen molar-refractivity contribution in [1.82, 2.24) is 4.98 Å². The molecule has 0 unspecified atom stereocenters. The number of hydrogen-bond acceptors (Lipinski definition) is 4. The van der Waals surface area contributed by atoms with E-state index in [1.807, 2.05) is 18.2 Å². The number of rotatable bonds is 1. The first-order valence-corrected chi connectivity index (χ1v) is 6.23. The van der Waals surface area contributed by atoms with Gasteiger partial charge in [-0.1, -0.05) is 41.7 Å². The highest BCUT2D eigenvalue weighted by molar-refractivity contribution is 7.29. The van der Waals surface area contributed by atoms with Gasteiger partial charge in [0, 0.05) is 10.9 Å². The fourth-order valence-electron chi connectivity index (χ4n) is 1.56. The Hall–Kier alpha value is -1.39. The van der Waals surface area contributed by atoms with E-state index in [2.05, 4.69) is 22.5 Å². The van der Waals surface area contributed by atoms with Gasteiger partial charge in [-0.15, -0.1) is 11.3 Å². The Morgan fingerprint density at radius 3 is 2.73 bits per heavy atom. The summed E-state index contributed by atoms with van der Waals surface area (Å²) in [6.07, 6.45) is 0. The Balaban J connectivity index is 2.27. The van der Waals surface area contributed by atoms with Gasteiger partial charge >= 0.3 is 0 Å². The zero-order valence-corrected chi connectivity index (χ0v) is 9.44. The molecule has 1 aromatic carbocycles. The summed E-state index contributed by atoms with van der Waals surface area (Å²) in [5, 5.41) is 2.79. The molecule has 2 heterocycles. The van der Waals surface area contributed by atoms with Crippen LogP contribution < -0.4 is 5.73 Å². The van der Waals surface area contributed by atoms with Gasteiger partial charge in [-0.05, 0) is 5.56 Å². The van der Waals surface area contributed by atoms with Gasteiger partial charge in [-0.25, -0.2) is 4.98 Å². The number of thiophene rings is 1. The van der Waals surface area contributed by atoms with Crippen LogP contribution in [0.2, 0.25) is 0 Å². The van der Waals surface area contributed by atoms with Crippen LogP contribution in [0.5, 0.6) is 0 Å². The van der Waals surface area contributed by atoms with Crippen molar-refractivity contribution in [3.05, 3.63) is 35.7 Å². The molecular weight excluding hydrogens is 224 g/mol. The van der Waals surface area contributed by atoms with E-state index in [1.165, 1.54) is 15.8 Å². The van der Waals surface area contributed by atoms with Gasteiger partial charge in [0.15, 0.2) is 5.13 Å². The smallest absolute Gasteiger partial charge is 0.182 e. The summed E-state index contributed by atoms with van der Waals surface area (Å²) in [4.78, 5) is 5.31. The number of thiazole rings is 1. The first kappa shape index (κ1) is 8.88. The van der Waals surface area contributed by atoms with Crippen molar-refractivity contribution in [3.63, 3.8) is 0 Å². The molecule has 0 saturated carbocycles. The second kappa shape index (κ2) is 3.32. The molecule has 15 heavy (non-hydrogen) atoms. The molecule has 0 aliphatic rings. The monoisotopic (exact) mass is 232 g/mol. The third-order valence-corrected chi connectivity index (χ3v) is 4.15. The van der Waals surface area contributed by atoms with Gasteiger partial charge in [0.25, 0.3) is 0 Å². The first-order valence-electron chi connectivity index (χ1n) is 4.53. The summed E-state index contributed by atoms with van der Waals surface area (Å²) >= 11 is 3.21. The molecule has 2 aromatic heterocycles. The zero-order chi connectivity index (χ0) is 10.3. The molecule has 0 amide bonds. The van der Waals surface area contributed by atoms with Crippen LogP contribution in [-0.2, 0) is 0 Å². The van der Waals surface area contributed by atoms with E-state index in [0.717, 1.165) is 4.83 Å². The number of hydrogen-bond donors (Lipinski definition) is 1. The maximum Gasteiger partial charge on any atom is 0.182 e. The lowest BCUT2D eigenvalue weighted by Gasteiger charge is -1.95. The average Bonchev–Trinajstić information content (AvgIpc) is 2.77. The van der Waals surface area contributed by atoms with Crippen LogP contribution in [0.15, 0.2) is 35.7 Å². The maximum absolute atomic E-state index is 5.70. The molecule has 3 rings (SSSR count). The van der Waals surface area contributed by atoms with Crippen LogP contribution in [0.3, 0.4) is 0 Å². The van der Waals surface area contributed by atoms with Crippen LogP contribution in [0.4, 0.5) is 5.13 Å². The second-order valence-corrected chi connectivity index (χ2v) is 5.09. The molecule has 0 saturated heterocycles. The SMILES string of the molecule is Nc1nc2scc(-c3ccccc3)c2s1. The van der Waals surface area contributed by atoms with Gasteiger partial charge in [0.2, 0.25) is 0 Å². The number of fused-ring (bicyclic) bond motifs is 1. The van der Waals surface area contributed by atoms with E-state index in [4.69, 9.17) is 5.73 Å². The molecule has 0 bridgehead atoms. The Labute approximate surface area is 95.0 Å². The predicted octanol–water partition coefficient (Wildman–Crippen LogP) is 3.61. The van der Waals surface area contributed by atoms with Gasteiger partial charge < -0.3 is 5.73 Å². The third-order valence-electron chi connectivity index (χ3n) is 2.23. The molecule has 74 valence electrons. The van der Waals surface area contributed by atoms with Crippen molar-refractivity contribution in [1.29, 1.82) is 0 Å². The van der Waals surface area contributed by atoms with E-state index < -0.39 is 0 Å². The molecule has 4 heteroatoms. The van der Waals surface area contributed by atoms with E-state index in [9.17, 15) is 0 Å². The van der Waals surface area contributed by atoms with Crippen molar-refractivity contribution < 1.29 is 0 Å². The normalized spacial score (nSPS) is 10.9. The van der Waals surface area contributed by atoms with Crippen LogP contribution in [0, 0.1) is 0 Å². The molecule has 0 atom stereocenters. The quantitative estimate of drug-likeness (QED) is 0.696. The van der Waals surface area contributed by atoms with Gasteiger partial charge in [0.1, 0.15) is 4.83 Å². The maximum atomic E-state index is 5.70. The molecule has 0 aliphatic heterocycles. The van der Waals surface area contributed by atoms with Gasteiger partial charge in [-0.3, -0.25) is 0 Å². The van der Waals surface area contributed by atoms with Crippen LogP contribution in [-0.4, -0.2) is 4.98 Å². The zero-order valence-electron chi connectivity index (χ0n) is 7.81. The molecule has 3 aromatic rings. The summed E-state index contributed by atoms with van der Waals surface area (Å²) in [6.45, 7) is 0. The minimum atomic E-state index is 0.647. The number of nitrogen functional groups attached to an aromatic ring is 1. The lowest BCUT2D eigenvalue weighted by molar-refractivity contribution is 1.53. The summed E-state index contributed by atoms with van der Waals surface area (Å²) in [6, 6.07) is 10.3. The summed E-state index contributed by atoms with van der Waals surface area (Å²) in [5.74, 6) is 0. The molecule has 0 spiro atoms. The summed E-state index contributed by atoms with van der Waals surface area (Å²) in [7, 11) is 0. The summed E-state index contributed by atoms with van der Waals surface area (Å²) < 4.78 is 1.20. The Morgan fingerprint density at radius 1 is 1.13 bits per heavy atom. The number of aromatic nitrogens is 1. The Bertz CT molecular complexity index is 595. The van der Waals surface area contributed by atoms with Crippen molar-refractivity contribution in [2.24, 2.45) is 0 Å². The van der Waals surface area contributed by atoms with Crippen LogP contribution in [0.1, 0.15) is 0 Å². The molecule has 0 aliphatic carbocycles. The molecule has 2 nitrogen and oxygen atoms in total. The number of nitrogens with zero attached hydrogens (tertiary/aromatic N) is 1. The first-order chi connectivity index (χ1) is 7.34. The van der Waals surface area contributed by atoms with Crippen molar-refractivity contribution in [2.45, 2.75) is 0 Å². The van der Waals surface area contributed by atoms with Crippen molar-refractivity contribution in [3.8, 4) is 11.1 Å². The fourth-order valence-corrected chi connectivity index (χ4v) is 3.58. The van der Waals surface area contributed by atoms with Crippen LogP contribution >= 0.6 is 22.7 Å². The average molecular weight is 232 g/mol. The highest BCUT2D eigenvalue weighted by Gasteiger charge is 2.10. The van der Waals surface area contributed by atoms with Crippen molar-refractivity contribution >= 4 is 37.3 Å². The van der Waals surface area contributed by atoms with Gasteiger partial charge in [0.05, 0.1) is 4.70 Å². The fraction of sp³-hybridized carbons (Fsp3) is 0. The van der Waals surface area contributed by atoms with E-state index in [0.29, 0.717) is 5.13 Å². The largest absolute Gasteiger partial charge is 0.375 e. The minimum Gasteiger partial charge on any atom is -0.375 e. The highest BCUT2D eigenvalue weighted by atomic mass is 32.1. The number of nitrogens with two attached hydrogens (primary N) is 1. The molecule has 2 N–H and O–H groups in total. The Morgan fingerprint density at radius 2 is 1.93 bits per heavy atom. The van der Waals surface area contributed by atoms with E-state index in [-0.39, 0.29) is 0 Å². The topological polar surface area (TPSA) is 38.9 Å². The Kier molecular flexibility index (Phi) is 1.97. The molecular formula is C11H8N2S2. The molecule has 0 radical (unpaired) electrons. The highest BCUT2D eigenvalue weighted by Crippen LogP contribution is 2.38. The summed E-state index contributed by atoms with van der Waals surface area (Å²) in [5.41, 5.74) is 8.17. The lowest BCUT2D eigenvalue weighted by Crippen LogP contribution is -1.78. The van der Waals surface area contributed by atoms with Gasteiger partial charge in [-0.2, -0.15) is 0 Å². The predicted molar refractivity (Wildman–Crippen MR) is 67.3 cm³/mol. The van der Waals surface area contributed by atoms with E-state index in [1.54, 1.807) is 22.7 Å². The van der Waals surface area contributed by atoms with Crippen molar-refractivity contribution in [2.75, 3.05) is 5.73 Å². The lowest BCUT2D eigenvalue weighted by atomic mass is 10.1. The van der Waals surface area contributed by atoms with Crippen LogP contribution in [0.25, 0.3) is 20.7 Å². The van der Waals surface area contributed by atoms with E-state index >= 15 is 0 Å². The molecule has 0 fully saturated rings. The third kappa shape index (κ3) is 1.42. The number of anilines is 1.